The lowest BCUT2D eigenvalue weighted by atomic mass is 9.93. The van der Waals surface area contributed by atoms with Gasteiger partial charge < -0.3 is 10.6 Å². The lowest BCUT2D eigenvalue weighted by molar-refractivity contribution is -0.138. The SMILES string of the molecule is O=C(NC1CCC1)c1cnc(Nc2ccc(Cl)cc2Cl)cc1C(F)(F)F. The maximum Gasteiger partial charge on any atom is 0.417 e. The van der Waals surface area contributed by atoms with Crippen LogP contribution >= 0.6 is 23.2 Å². The Kier molecular flexibility index (Phi) is 5.29. The quantitative estimate of drug-likeness (QED) is 0.714. The maximum atomic E-state index is 13.4. The molecule has 0 aliphatic heterocycles. The number of aromatic nitrogens is 1. The summed E-state index contributed by atoms with van der Waals surface area (Å²) in [6.45, 7) is 0. The normalized spacial score (nSPS) is 14.7. The monoisotopic (exact) mass is 403 g/mol. The van der Waals surface area contributed by atoms with Gasteiger partial charge in [0.05, 0.1) is 21.8 Å². The minimum Gasteiger partial charge on any atom is -0.349 e. The molecule has 1 amide bonds. The van der Waals surface area contributed by atoms with E-state index in [-0.39, 0.29) is 16.9 Å². The van der Waals surface area contributed by atoms with Gasteiger partial charge >= 0.3 is 6.18 Å². The number of carbonyl (C=O) groups is 1. The first kappa shape index (κ1) is 18.8. The molecule has 26 heavy (non-hydrogen) atoms. The van der Waals surface area contributed by atoms with E-state index < -0.39 is 23.2 Å². The molecule has 3 rings (SSSR count). The van der Waals surface area contributed by atoms with Gasteiger partial charge in [0.15, 0.2) is 0 Å². The van der Waals surface area contributed by atoms with Gasteiger partial charge in [-0.3, -0.25) is 4.79 Å². The zero-order valence-electron chi connectivity index (χ0n) is 13.3. The Morgan fingerprint density at radius 2 is 1.92 bits per heavy atom. The zero-order chi connectivity index (χ0) is 18.9. The van der Waals surface area contributed by atoms with E-state index in [1.165, 1.54) is 12.1 Å². The number of amides is 1. The molecule has 0 spiro atoms. The van der Waals surface area contributed by atoms with Gasteiger partial charge in [0.1, 0.15) is 5.82 Å². The van der Waals surface area contributed by atoms with Crippen LogP contribution in [0.3, 0.4) is 0 Å². The molecule has 1 aromatic carbocycles. The van der Waals surface area contributed by atoms with Crippen molar-refractivity contribution >= 4 is 40.6 Å². The third kappa shape index (κ3) is 4.22. The van der Waals surface area contributed by atoms with E-state index in [9.17, 15) is 18.0 Å². The summed E-state index contributed by atoms with van der Waals surface area (Å²) in [6.07, 6.45) is -1.27. The fourth-order valence-corrected chi connectivity index (χ4v) is 2.94. The summed E-state index contributed by atoms with van der Waals surface area (Å²) in [7, 11) is 0. The van der Waals surface area contributed by atoms with Crippen molar-refractivity contribution in [1.82, 2.24) is 10.3 Å². The molecule has 0 saturated heterocycles. The number of hydrogen-bond donors (Lipinski definition) is 2. The van der Waals surface area contributed by atoms with Gasteiger partial charge in [0, 0.05) is 17.3 Å². The Morgan fingerprint density at radius 1 is 1.19 bits per heavy atom. The molecule has 1 aliphatic carbocycles. The van der Waals surface area contributed by atoms with E-state index in [0.717, 1.165) is 31.5 Å². The summed E-state index contributed by atoms with van der Waals surface area (Å²) >= 11 is 11.8. The first-order chi connectivity index (χ1) is 12.2. The van der Waals surface area contributed by atoms with Gasteiger partial charge in [-0.05, 0) is 43.5 Å². The second kappa shape index (κ2) is 7.32. The van der Waals surface area contributed by atoms with Crippen LogP contribution in [0.15, 0.2) is 30.5 Å². The van der Waals surface area contributed by atoms with Crippen molar-refractivity contribution in [3.8, 4) is 0 Å². The van der Waals surface area contributed by atoms with E-state index in [0.29, 0.717) is 10.7 Å². The Labute approximate surface area is 157 Å². The summed E-state index contributed by atoms with van der Waals surface area (Å²) < 4.78 is 40.2. The van der Waals surface area contributed by atoms with E-state index in [4.69, 9.17) is 23.2 Å². The molecular weight excluding hydrogens is 390 g/mol. The number of hydrogen-bond acceptors (Lipinski definition) is 3. The number of halogens is 5. The van der Waals surface area contributed by atoms with Gasteiger partial charge in [-0.1, -0.05) is 23.2 Å². The molecule has 4 nitrogen and oxygen atoms in total. The van der Waals surface area contributed by atoms with Gasteiger partial charge in [0.25, 0.3) is 5.91 Å². The number of rotatable bonds is 4. The van der Waals surface area contributed by atoms with Crippen LogP contribution in [0.4, 0.5) is 24.7 Å². The fourth-order valence-electron chi connectivity index (χ4n) is 2.48. The van der Waals surface area contributed by atoms with E-state index in [1.807, 2.05) is 0 Å². The third-order valence-electron chi connectivity index (χ3n) is 4.09. The molecule has 2 aromatic rings. The molecule has 1 heterocycles. The summed E-state index contributed by atoms with van der Waals surface area (Å²) in [5, 5.41) is 5.93. The smallest absolute Gasteiger partial charge is 0.349 e. The predicted octanol–water partition coefficient (Wildman–Crippen LogP) is 5.43. The van der Waals surface area contributed by atoms with Crippen molar-refractivity contribution in [3.05, 3.63) is 51.6 Å². The molecule has 2 N–H and O–H groups in total. The van der Waals surface area contributed by atoms with Crippen LogP contribution < -0.4 is 10.6 Å². The number of pyridine rings is 1. The second-order valence-electron chi connectivity index (χ2n) is 5.96. The summed E-state index contributed by atoms with van der Waals surface area (Å²) in [5.74, 6) is -0.854. The topological polar surface area (TPSA) is 54.0 Å². The molecule has 1 aliphatic rings. The molecule has 0 bridgehead atoms. The van der Waals surface area contributed by atoms with Crippen LogP contribution in [-0.2, 0) is 6.18 Å². The fraction of sp³-hybridized carbons (Fsp3) is 0.294. The van der Waals surface area contributed by atoms with E-state index in [2.05, 4.69) is 15.6 Å². The number of anilines is 2. The Morgan fingerprint density at radius 3 is 2.50 bits per heavy atom. The van der Waals surface area contributed by atoms with Gasteiger partial charge in [-0.2, -0.15) is 13.2 Å². The number of carbonyl (C=O) groups excluding carboxylic acids is 1. The zero-order valence-corrected chi connectivity index (χ0v) is 14.8. The van der Waals surface area contributed by atoms with Crippen LogP contribution in [0, 0.1) is 0 Å². The highest BCUT2D eigenvalue weighted by Crippen LogP contribution is 2.35. The molecule has 1 saturated carbocycles. The van der Waals surface area contributed by atoms with Crippen LogP contribution in [0.1, 0.15) is 35.2 Å². The van der Waals surface area contributed by atoms with Crippen molar-refractivity contribution in [2.75, 3.05) is 5.32 Å². The maximum absolute atomic E-state index is 13.4. The molecule has 138 valence electrons. The lowest BCUT2D eigenvalue weighted by Gasteiger charge is -2.27. The highest BCUT2D eigenvalue weighted by Gasteiger charge is 2.36. The molecule has 1 aromatic heterocycles. The van der Waals surface area contributed by atoms with Crippen molar-refractivity contribution < 1.29 is 18.0 Å². The average Bonchev–Trinajstić information content (AvgIpc) is 2.52. The summed E-state index contributed by atoms with van der Waals surface area (Å²) in [5.41, 5.74) is -1.21. The number of alkyl halides is 3. The largest absolute Gasteiger partial charge is 0.417 e. The van der Waals surface area contributed by atoms with E-state index in [1.54, 1.807) is 6.07 Å². The molecular formula is C17H14Cl2F3N3O. The number of benzene rings is 1. The average molecular weight is 404 g/mol. The minimum atomic E-state index is -4.70. The highest BCUT2D eigenvalue weighted by atomic mass is 35.5. The van der Waals surface area contributed by atoms with Gasteiger partial charge in [-0.25, -0.2) is 4.98 Å². The number of nitrogens with one attached hydrogen (secondary N) is 2. The van der Waals surface area contributed by atoms with E-state index >= 15 is 0 Å². The molecule has 0 unspecified atom stereocenters. The minimum absolute atomic E-state index is 0.0748. The Hall–Kier alpha value is -1.99. The Bertz CT molecular complexity index is 838. The summed E-state index contributed by atoms with van der Waals surface area (Å²) in [4.78, 5) is 16.1. The van der Waals surface area contributed by atoms with Crippen molar-refractivity contribution in [3.63, 3.8) is 0 Å². The molecule has 0 atom stereocenters. The number of nitrogens with zero attached hydrogens (tertiary/aromatic N) is 1. The van der Waals surface area contributed by atoms with Crippen molar-refractivity contribution in [1.29, 1.82) is 0 Å². The van der Waals surface area contributed by atoms with Crippen LogP contribution in [0.5, 0.6) is 0 Å². The van der Waals surface area contributed by atoms with Crippen LogP contribution in [0.2, 0.25) is 10.0 Å². The van der Waals surface area contributed by atoms with Crippen LogP contribution in [0.25, 0.3) is 0 Å². The highest BCUT2D eigenvalue weighted by molar-refractivity contribution is 6.36. The molecule has 9 heteroatoms. The molecule has 0 radical (unpaired) electrons. The van der Waals surface area contributed by atoms with Gasteiger partial charge in [0.2, 0.25) is 0 Å². The lowest BCUT2D eigenvalue weighted by Crippen LogP contribution is -2.40. The van der Waals surface area contributed by atoms with Crippen molar-refractivity contribution in [2.24, 2.45) is 0 Å². The van der Waals surface area contributed by atoms with Crippen molar-refractivity contribution in [2.45, 2.75) is 31.5 Å². The summed E-state index contributed by atoms with van der Waals surface area (Å²) in [6, 6.07) is 5.24. The first-order valence-electron chi connectivity index (χ1n) is 7.84. The van der Waals surface area contributed by atoms with Gasteiger partial charge in [-0.15, -0.1) is 0 Å². The second-order valence-corrected chi connectivity index (χ2v) is 6.81. The molecule has 1 fully saturated rings. The predicted molar refractivity (Wildman–Crippen MR) is 94.1 cm³/mol. The first-order valence-corrected chi connectivity index (χ1v) is 8.60. The Balaban J connectivity index is 1.89. The standard InChI is InChI=1S/C17H14Cl2F3N3O/c18-9-4-5-14(13(19)6-9)25-15-7-12(17(20,21)22)11(8-23-15)16(26)24-10-2-1-3-10/h4-8,10H,1-3H2,(H,23,25)(H,24,26). The van der Waals surface area contributed by atoms with Crippen LogP contribution in [-0.4, -0.2) is 16.9 Å². The third-order valence-corrected chi connectivity index (χ3v) is 4.64.